The van der Waals surface area contributed by atoms with E-state index in [2.05, 4.69) is 11.6 Å². The molecule has 1 aliphatic rings. The number of carbonyl (C=O) groups is 2. The summed E-state index contributed by atoms with van der Waals surface area (Å²) in [6.07, 6.45) is 5.77. The molecule has 0 aliphatic carbocycles. The SMILES string of the molecule is C=CCOc1ccc(C2C(=C(O)c3ccc(OCCC)cc3)C(=O)C(=O)N2Cc2cccnc2)cc1OCC. The quantitative estimate of drug-likeness (QED) is 0.144. The molecule has 1 atom stereocenters. The van der Waals surface area contributed by atoms with E-state index in [-0.39, 0.29) is 24.5 Å². The third-order valence-corrected chi connectivity index (χ3v) is 6.16. The Hall–Kier alpha value is -4.59. The number of aromatic nitrogens is 1. The molecular weight excluding hydrogens is 496 g/mol. The molecule has 8 heteroatoms. The summed E-state index contributed by atoms with van der Waals surface area (Å²) in [4.78, 5) is 32.4. The number of likely N-dealkylation sites (tertiary alicyclic amines) is 1. The van der Waals surface area contributed by atoms with E-state index in [0.29, 0.717) is 41.6 Å². The maximum absolute atomic E-state index is 13.4. The molecule has 202 valence electrons. The van der Waals surface area contributed by atoms with E-state index in [1.54, 1.807) is 67.0 Å². The van der Waals surface area contributed by atoms with Crippen LogP contribution in [0.5, 0.6) is 17.2 Å². The number of pyridine rings is 1. The van der Waals surface area contributed by atoms with Crippen LogP contribution in [0.4, 0.5) is 0 Å². The lowest BCUT2D eigenvalue weighted by Crippen LogP contribution is -2.29. The second kappa shape index (κ2) is 12.8. The number of rotatable bonds is 12. The Kier molecular flexibility index (Phi) is 8.99. The Morgan fingerprint density at radius 3 is 2.51 bits per heavy atom. The van der Waals surface area contributed by atoms with Crippen molar-refractivity contribution in [1.82, 2.24) is 9.88 Å². The summed E-state index contributed by atoms with van der Waals surface area (Å²) in [6, 6.07) is 14.8. The van der Waals surface area contributed by atoms with Gasteiger partial charge in [0.05, 0.1) is 24.8 Å². The molecule has 2 aromatic carbocycles. The van der Waals surface area contributed by atoms with Crippen LogP contribution in [0.25, 0.3) is 5.76 Å². The summed E-state index contributed by atoms with van der Waals surface area (Å²) in [5, 5.41) is 11.4. The van der Waals surface area contributed by atoms with Crippen molar-refractivity contribution in [2.45, 2.75) is 32.9 Å². The zero-order chi connectivity index (χ0) is 27.8. The number of nitrogens with zero attached hydrogens (tertiary/aromatic N) is 2. The van der Waals surface area contributed by atoms with Gasteiger partial charge in [-0.25, -0.2) is 0 Å². The van der Waals surface area contributed by atoms with Crippen LogP contribution >= 0.6 is 0 Å². The highest BCUT2D eigenvalue weighted by atomic mass is 16.5. The van der Waals surface area contributed by atoms with Gasteiger partial charge in [-0.3, -0.25) is 14.6 Å². The van der Waals surface area contributed by atoms with Crippen molar-refractivity contribution >= 4 is 17.4 Å². The maximum atomic E-state index is 13.4. The number of benzene rings is 2. The number of ether oxygens (including phenoxy) is 3. The van der Waals surface area contributed by atoms with Gasteiger partial charge in [-0.1, -0.05) is 31.7 Å². The fourth-order valence-electron chi connectivity index (χ4n) is 4.39. The van der Waals surface area contributed by atoms with E-state index in [9.17, 15) is 14.7 Å². The Labute approximate surface area is 228 Å². The molecule has 1 unspecified atom stereocenters. The van der Waals surface area contributed by atoms with Crippen molar-refractivity contribution in [1.29, 1.82) is 0 Å². The van der Waals surface area contributed by atoms with Gasteiger partial charge in [-0.15, -0.1) is 0 Å². The fourth-order valence-corrected chi connectivity index (χ4v) is 4.39. The number of hydrogen-bond donors (Lipinski definition) is 1. The number of amides is 1. The molecule has 2 heterocycles. The van der Waals surface area contributed by atoms with Gasteiger partial charge in [0.15, 0.2) is 11.5 Å². The monoisotopic (exact) mass is 528 g/mol. The first-order valence-corrected chi connectivity index (χ1v) is 12.9. The molecule has 1 aromatic heterocycles. The number of hydrogen-bond acceptors (Lipinski definition) is 7. The lowest BCUT2D eigenvalue weighted by atomic mass is 9.94. The third-order valence-electron chi connectivity index (χ3n) is 6.16. The minimum atomic E-state index is -0.867. The van der Waals surface area contributed by atoms with Crippen LogP contribution in [-0.2, 0) is 16.1 Å². The molecular formula is C31H32N2O6. The maximum Gasteiger partial charge on any atom is 0.295 e. The summed E-state index contributed by atoms with van der Waals surface area (Å²) in [5.41, 5.74) is 1.74. The normalized spacial score (nSPS) is 16.3. The Bertz CT molecular complexity index is 1350. The van der Waals surface area contributed by atoms with Gasteiger partial charge in [0.2, 0.25) is 0 Å². The molecule has 3 aromatic rings. The summed E-state index contributed by atoms with van der Waals surface area (Å²) < 4.78 is 17.2. The zero-order valence-corrected chi connectivity index (χ0v) is 22.1. The number of ketones is 1. The summed E-state index contributed by atoms with van der Waals surface area (Å²) in [7, 11) is 0. The predicted octanol–water partition coefficient (Wildman–Crippen LogP) is 5.46. The van der Waals surface area contributed by atoms with Gasteiger partial charge in [0.1, 0.15) is 18.1 Å². The van der Waals surface area contributed by atoms with E-state index < -0.39 is 17.7 Å². The standard InChI is InChI=1S/C31H32N2O6/c1-4-16-38-24-12-9-22(10-13-24)29(34)27-28(23-11-14-25(39-17-5-2)26(18-23)37-6-3)33(31(36)30(27)35)20-21-8-7-15-32-19-21/h5,7-15,18-19,28,34H,2,4,6,16-17,20H2,1,3H3. The van der Waals surface area contributed by atoms with E-state index >= 15 is 0 Å². The van der Waals surface area contributed by atoms with E-state index in [0.717, 1.165) is 12.0 Å². The van der Waals surface area contributed by atoms with Crippen molar-refractivity contribution in [2.24, 2.45) is 0 Å². The van der Waals surface area contributed by atoms with Crippen molar-refractivity contribution in [3.8, 4) is 17.2 Å². The lowest BCUT2D eigenvalue weighted by molar-refractivity contribution is -0.140. The van der Waals surface area contributed by atoms with Gasteiger partial charge in [-0.2, -0.15) is 0 Å². The van der Waals surface area contributed by atoms with E-state index in [1.807, 2.05) is 19.9 Å². The first-order valence-electron chi connectivity index (χ1n) is 12.9. The molecule has 1 amide bonds. The Morgan fingerprint density at radius 2 is 1.85 bits per heavy atom. The van der Waals surface area contributed by atoms with Crippen LogP contribution in [0.15, 0.2) is 85.2 Å². The average Bonchev–Trinajstić information content (AvgIpc) is 3.21. The van der Waals surface area contributed by atoms with Gasteiger partial charge in [-0.05, 0) is 66.9 Å². The summed E-state index contributed by atoms with van der Waals surface area (Å²) >= 11 is 0. The van der Waals surface area contributed by atoms with E-state index in [1.165, 1.54) is 4.90 Å². The molecule has 39 heavy (non-hydrogen) atoms. The molecule has 0 saturated carbocycles. The zero-order valence-electron chi connectivity index (χ0n) is 22.1. The molecule has 1 N–H and O–H groups in total. The van der Waals surface area contributed by atoms with Crippen LogP contribution in [0, 0.1) is 0 Å². The van der Waals surface area contributed by atoms with Crippen molar-refractivity contribution in [2.75, 3.05) is 19.8 Å². The smallest absolute Gasteiger partial charge is 0.295 e. The van der Waals surface area contributed by atoms with Gasteiger partial charge in [0, 0.05) is 24.5 Å². The highest BCUT2D eigenvalue weighted by Crippen LogP contribution is 2.43. The largest absolute Gasteiger partial charge is 0.507 e. The summed E-state index contributed by atoms with van der Waals surface area (Å²) in [5.74, 6) is -0.123. The van der Waals surface area contributed by atoms with Crippen molar-refractivity contribution in [3.63, 3.8) is 0 Å². The van der Waals surface area contributed by atoms with Crippen molar-refractivity contribution < 1.29 is 28.9 Å². The number of aliphatic hydroxyl groups excluding tert-OH is 1. The number of Topliss-reactive ketones (excluding diaryl/α,β-unsaturated/α-hetero) is 1. The van der Waals surface area contributed by atoms with Crippen LogP contribution in [0.3, 0.4) is 0 Å². The molecule has 8 nitrogen and oxygen atoms in total. The molecule has 0 bridgehead atoms. The molecule has 1 fully saturated rings. The Morgan fingerprint density at radius 1 is 1.05 bits per heavy atom. The van der Waals surface area contributed by atoms with Crippen LogP contribution < -0.4 is 14.2 Å². The van der Waals surface area contributed by atoms with Crippen LogP contribution in [0.1, 0.15) is 43.0 Å². The fraction of sp³-hybridized carbons (Fsp3) is 0.258. The molecule has 4 rings (SSSR count). The van der Waals surface area contributed by atoms with Crippen LogP contribution in [-0.4, -0.2) is 46.5 Å². The average molecular weight is 529 g/mol. The molecule has 1 aliphatic heterocycles. The van der Waals surface area contributed by atoms with Crippen molar-refractivity contribution in [3.05, 3.63) is 102 Å². The minimum Gasteiger partial charge on any atom is -0.507 e. The Balaban J connectivity index is 1.82. The van der Waals surface area contributed by atoms with Gasteiger partial charge in [0.25, 0.3) is 11.7 Å². The topological polar surface area (TPSA) is 98.2 Å². The number of aliphatic hydroxyl groups is 1. The van der Waals surface area contributed by atoms with E-state index in [4.69, 9.17) is 14.2 Å². The lowest BCUT2D eigenvalue weighted by Gasteiger charge is -2.26. The first-order chi connectivity index (χ1) is 19.0. The van der Waals surface area contributed by atoms with Gasteiger partial charge >= 0.3 is 0 Å². The third kappa shape index (κ3) is 6.12. The van der Waals surface area contributed by atoms with Crippen LogP contribution in [0.2, 0.25) is 0 Å². The summed E-state index contributed by atoms with van der Waals surface area (Å²) in [6.45, 7) is 8.92. The second-order valence-electron chi connectivity index (χ2n) is 8.90. The van der Waals surface area contributed by atoms with Gasteiger partial charge < -0.3 is 24.2 Å². The molecule has 0 radical (unpaired) electrons. The highest BCUT2D eigenvalue weighted by molar-refractivity contribution is 6.46. The second-order valence-corrected chi connectivity index (χ2v) is 8.90. The predicted molar refractivity (Wildman–Crippen MR) is 148 cm³/mol. The number of carbonyl (C=O) groups excluding carboxylic acids is 2. The minimum absolute atomic E-state index is 0.00618. The molecule has 1 saturated heterocycles. The first kappa shape index (κ1) is 27.4. The molecule has 0 spiro atoms. The highest BCUT2D eigenvalue weighted by Gasteiger charge is 2.46.